The Bertz CT molecular complexity index is 1550. The van der Waals surface area contributed by atoms with Crippen LogP contribution < -0.4 is 11.3 Å². The summed E-state index contributed by atoms with van der Waals surface area (Å²) >= 11 is 6.22. The number of halogens is 1. The molecule has 8 nitrogen and oxygen atoms in total. The molecule has 0 aliphatic heterocycles. The van der Waals surface area contributed by atoms with Crippen LogP contribution in [0.1, 0.15) is 39.4 Å². The highest BCUT2D eigenvalue weighted by Gasteiger charge is 2.30. The summed E-state index contributed by atoms with van der Waals surface area (Å²) in [6.45, 7) is 4.00. The molecule has 192 valence electrons. The maximum atomic E-state index is 13.9. The van der Waals surface area contributed by atoms with Crippen LogP contribution in [-0.2, 0) is 29.5 Å². The number of methoxy groups -OCH3 is 1. The maximum absolute atomic E-state index is 13.9. The van der Waals surface area contributed by atoms with Crippen LogP contribution in [0, 0.1) is 13.8 Å². The zero-order valence-electron chi connectivity index (χ0n) is 21.2. The molecule has 2 heterocycles. The van der Waals surface area contributed by atoms with Crippen LogP contribution >= 0.6 is 11.6 Å². The molecule has 0 aliphatic carbocycles. The molecular weight excluding hydrogens is 492 g/mol. The van der Waals surface area contributed by atoms with E-state index >= 15 is 0 Å². The number of ether oxygens (including phenoxy) is 1. The van der Waals surface area contributed by atoms with E-state index in [0.29, 0.717) is 45.5 Å². The molecule has 0 saturated heterocycles. The monoisotopic (exact) mass is 520 g/mol. The topological polar surface area (TPSA) is 101 Å². The minimum Gasteiger partial charge on any atom is -0.469 e. The van der Waals surface area contributed by atoms with Crippen molar-refractivity contribution in [3.05, 3.63) is 98.2 Å². The van der Waals surface area contributed by atoms with Crippen molar-refractivity contribution in [2.75, 3.05) is 7.11 Å². The fourth-order valence-electron chi connectivity index (χ4n) is 4.84. The molecule has 0 fully saturated rings. The number of esters is 1. The summed E-state index contributed by atoms with van der Waals surface area (Å²) in [5, 5.41) is 0.582. The maximum Gasteiger partial charge on any atom is 0.305 e. The minimum absolute atomic E-state index is 0.0689. The summed E-state index contributed by atoms with van der Waals surface area (Å²) < 4.78 is 10.1. The van der Waals surface area contributed by atoms with Crippen LogP contribution in [0.5, 0.6) is 0 Å². The average molecular weight is 521 g/mol. The van der Waals surface area contributed by atoms with Gasteiger partial charge in [-0.1, -0.05) is 41.9 Å². The molecule has 0 spiro atoms. The van der Waals surface area contributed by atoms with Gasteiger partial charge in [0.2, 0.25) is 0 Å². The third kappa shape index (κ3) is 4.84. The van der Waals surface area contributed by atoms with E-state index in [1.165, 1.54) is 7.11 Å². The van der Waals surface area contributed by atoms with Gasteiger partial charge in [-0.15, -0.1) is 0 Å². The van der Waals surface area contributed by atoms with Crippen molar-refractivity contribution < 1.29 is 14.3 Å². The quantitative estimate of drug-likeness (QED) is 0.352. The Hall–Kier alpha value is -4.04. The normalized spacial score (nSPS) is 11.1. The zero-order valence-corrected chi connectivity index (χ0v) is 22.0. The number of nitrogens with zero attached hydrogens (tertiary/aromatic N) is 3. The zero-order chi connectivity index (χ0) is 26.9. The number of primary amides is 1. The van der Waals surface area contributed by atoms with Crippen molar-refractivity contribution in [1.29, 1.82) is 0 Å². The number of rotatable bonds is 8. The molecule has 0 aliphatic rings. The van der Waals surface area contributed by atoms with Gasteiger partial charge in [-0.05, 0) is 50.1 Å². The summed E-state index contributed by atoms with van der Waals surface area (Å²) in [6.07, 6.45) is 0.315. The Morgan fingerprint density at radius 2 is 1.70 bits per heavy atom. The van der Waals surface area contributed by atoms with E-state index in [9.17, 15) is 14.4 Å². The van der Waals surface area contributed by atoms with Gasteiger partial charge in [0.25, 0.3) is 11.5 Å². The van der Waals surface area contributed by atoms with E-state index in [4.69, 9.17) is 22.1 Å². The number of carbonyl (C=O) groups excluding carboxylic acids is 2. The third-order valence-corrected chi connectivity index (χ3v) is 6.94. The molecule has 0 bridgehead atoms. The van der Waals surface area contributed by atoms with Crippen LogP contribution in [0.4, 0.5) is 0 Å². The number of hydrogen-bond acceptors (Lipinski definition) is 4. The molecule has 2 aromatic heterocycles. The van der Waals surface area contributed by atoms with E-state index in [1.54, 1.807) is 29.4 Å². The first-order valence-electron chi connectivity index (χ1n) is 11.8. The predicted octanol–water partition coefficient (Wildman–Crippen LogP) is 4.17. The van der Waals surface area contributed by atoms with Gasteiger partial charge in [0.1, 0.15) is 0 Å². The molecule has 37 heavy (non-hydrogen) atoms. The number of nitrogens with two attached hydrogens (primary N) is 1. The van der Waals surface area contributed by atoms with E-state index in [2.05, 4.69) is 0 Å². The number of carbonyl (C=O) groups is 2. The number of para-hydroxylation sites is 1. The van der Waals surface area contributed by atoms with Gasteiger partial charge in [0.05, 0.1) is 30.3 Å². The van der Waals surface area contributed by atoms with E-state index in [0.717, 1.165) is 5.56 Å². The smallest absolute Gasteiger partial charge is 0.305 e. The van der Waals surface area contributed by atoms with Gasteiger partial charge >= 0.3 is 5.97 Å². The van der Waals surface area contributed by atoms with Crippen LogP contribution in [0.3, 0.4) is 0 Å². The Morgan fingerprint density at radius 1 is 1.00 bits per heavy atom. The van der Waals surface area contributed by atoms with E-state index in [1.807, 2.05) is 60.0 Å². The standard InChI is InChI=1S/C28H29ClN4O4/c1-17-25(28(36)33(31(17)3)21-11-6-5-7-12-21)26-22(13-14-23(34)37-4)32(18(2)24(26)27(30)35)16-19-9-8-10-20(29)15-19/h5-12,15H,13-14,16H2,1-4H3,(H2,30,35). The van der Waals surface area contributed by atoms with Crippen LogP contribution in [-0.4, -0.2) is 32.9 Å². The van der Waals surface area contributed by atoms with Crippen molar-refractivity contribution in [3.63, 3.8) is 0 Å². The number of benzene rings is 2. The number of amides is 1. The molecule has 9 heteroatoms. The van der Waals surface area contributed by atoms with Crippen molar-refractivity contribution in [3.8, 4) is 16.8 Å². The summed E-state index contributed by atoms with van der Waals surface area (Å²) in [6, 6.07) is 16.7. The molecule has 0 atom stereocenters. The fourth-order valence-corrected chi connectivity index (χ4v) is 5.05. The summed E-state index contributed by atoms with van der Waals surface area (Å²) in [5.41, 5.74) is 10.2. The molecule has 2 aromatic carbocycles. The minimum atomic E-state index is -0.648. The molecule has 4 aromatic rings. The SMILES string of the molecule is COC(=O)CCc1c(-c2c(C)n(C)n(-c3ccccc3)c2=O)c(C(N)=O)c(C)n1Cc1cccc(Cl)c1. The van der Waals surface area contributed by atoms with E-state index < -0.39 is 11.9 Å². The van der Waals surface area contributed by atoms with E-state index in [-0.39, 0.29) is 24.0 Å². The predicted molar refractivity (Wildman–Crippen MR) is 143 cm³/mol. The second-order valence-electron chi connectivity index (χ2n) is 8.88. The molecule has 0 radical (unpaired) electrons. The highest BCUT2D eigenvalue weighted by Crippen LogP contribution is 2.35. The average Bonchev–Trinajstić information content (AvgIpc) is 3.26. The largest absolute Gasteiger partial charge is 0.469 e. The molecule has 1 amide bonds. The number of aromatic nitrogens is 3. The van der Waals surface area contributed by atoms with Crippen LogP contribution in [0.15, 0.2) is 59.4 Å². The molecule has 0 unspecified atom stereocenters. The molecular formula is C28H29ClN4O4. The van der Waals surface area contributed by atoms with Gasteiger partial charge in [-0.3, -0.25) is 19.1 Å². The fraction of sp³-hybridized carbons (Fsp3) is 0.250. The lowest BCUT2D eigenvalue weighted by atomic mass is 9.98. The van der Waals surface area contributed by atoms with Crippen molar-refractivity contribution in [1.82, 2.24) is 13.9 Å². The summed E-state index contributed by atoms with van der Waals surface area (Å²) in [5.74, 6) is -1.04. The number of hydrogen-bond donors (Lipinski definition) is 1. The highest BCUT2D eigenvalue weighted by molar-refractivity contribution is 6.30. The highest BCUT2D eigenvalue weighted by atomic mass is 35.5. The first-order chi connectivity index (χ1) is 17.6. The molecule has 4 rings (SSSR count). The summed E-state index contributed by atoms with van der Waals surface area (Å²) in [4.78, 5) is 38.9. The van der Waals surface area contributed by atoms with Gasteiger partial charge in [0.15, 0.2) is 0 Å². The Kier molecular flexibility index (Phi) is 7.40. The first-order valence-corrected chi connectivity index (χ1v) is 12.2. The lowest BCUT2D eigenvalue weighted by Crippen LogP contribution is -2.21. The molecule has 0 saturated carbocycles. The first kappa shape index (κ1) is 26.0. The Balaban J connectivity index is 2.02. The van der Waals surface area contributed by atoms with Gasteiger partial charge in [-0.25, -0.2) is 4.68 Å². The van der Waals surface area contributed by atoms with Gasteiger partial charge < -0.3 is 15.0 Å². The van der Waals surface area contributed by atoms with Crippen molar-refractivity contribution in [2.24, 2.45) is 12.8 Å². The van der Waals surface area contributed by atoms with Crippen LogP contribution in [0.25, 0.3) is 16.8 Å². The Morgan fingerprint density at radius 3 is 2.32 bits per heavy atom. The van der Waals surface area contributed by atoms with Gasteiger partial charge in [-0.2, -0.15) is 0 Å². The second kappa shape index (κ2) is 10.5. The molecule has 2 N–H and O–H groups in total. The van der Waals surface area contributed by atoms with Crippen molar-refractivity contribution in [2.45, 2.75) is 33.2 Å². The summed E-state index contributed by atoms with van der Waals surface area (Å²) in [7, 11) is 3.12. The van der Waals surface area contributed by atoms with Crippen molar-refractivity contribution >= 4 is 23.5 Å². The second-order valence-corrected chi connectivity index (χ2v) is 9.31. The van der Waals surface area contributed by atoms with Crippen LogP contribution in [0.2, 0.25) is 5.02 Å². The van der Waals surface area contributed by atoms with Gasteiger partial charge in [0, 0.05) is 41.3 Å². The third-order valence-electron chi connectivity index (χ3n) is 6.71. The lowest BCUT2D eigenvalue weighted by molar-refractivity contribution is -0.140. The lowest BCUT2D eigenvalue weighted by Gasteiger charge is -2.13. The Labute approximate surface area is 219 Å².